The number of nitrogens with zero attached hydrogens (tertiary/aromatic N) is 1. The predicted octanol–water partition coefficient (Wildman–Crippen LogP) is 2.17. The maximum absolute atomic E-state index is 10.5. The quantitative estimate of drug-likeness (QED) is 0.621. The van der Waals surface area contributed by atoms with Gasteiger partial charge in [-0.15, -0.1) is 0 Å². The van der Waals surface area contributed by atoms with Gasteiger partial charge in [-0.25, -0.2) is 5.43 Å². The van der Waals surface area contributed by atoms with Crippen LogP contribution in [0, 0.1) is 0 Å². The Morgan fingerprint density at radius 1 is 1.47 bits per heavy atom. The Hall–Kier alpha value is -1.26. The molecule has 2 N–H and O–H groups in total. The molecule has 0 aliphatic heterocycles. The van der Waals surface area contributed by atoms with Gasteiger partial charge < -0.3 is 5.11 Å². The van der Waals surface area contributed by atoms with Crippen LogP contribution >= 0.6 is 23.2 Å². The smallest absolute Gasteiger partial charge is 0.236 e. The molecule has 0 atom stereocenters. The van der Waals surface area contributed by atoms with Crippen molar-refractivity contribution in [3.63, 3.8) is 0 Å². The summed E-state index contributed by atoms with van der Waals surface area (Å²) in [5.74, 6) is -0.447. The highest BCUT2D eigenvalue weighted by Crippen LogP contribution is 2.32. The van der Waals surface area contributed by atoms with Crippen LogP contribution in [-0.2, 0) is 4.79 Å². The Kier molecular flexibility index (Phi) is 3.94. The fourth-order valence-corrected chi connectivity index (χ4v) is 1.36. The molecule has 80 valence electrons. The number of phenols is 1. The van der Waals surface area contributed by atoms with Crippen molar-refractivity contribution in [2.75, 3.05) is 0 Å². The number of hydrazone groups is 1. The molecule has 0 unspecified atom stereocenters. The molecule has 0 spiro atoms. The number of nitrogens with one attached hydrogen (secondary N) is 1. The van der Waals surface area contributed by atoms with E-state index >= 15 is 0 Å². The van der Waals surface area contributed by atoms with Crippen LogP contribution in [0.25, 0.3) is 0 Å². The average Bonchev–Trinajstić information content (AvgIpc) is 2.13. The zero-order chi connectivity index (χ0) is 11.4. The van der Waals surface area contributed by atoms with Crippen LogP contribution in [-0.4, -0.2) is 17.2 Å². The molecule has 1 amide bonds. The van der Waals surface area contributed by atoms with E-state index in [1.807, 2.05) is 0 Å². The van der Waals surface area contributed by atoms with Crippen molar-refractivity contribution in [2.45, 2.75) is 6.92 Å². The van der Waals surface area contributed by atoms with Crippen molar-refractivity contribution >= 4 is 35.3 Å². The summed E-state index contributed by atoms with van der Waals surface area (Å²) in [6.45, 7) is 1.34. The summed E-state index contributed by atoms with van der Waals surface area (Å²) < 4.78 is 0. The minimum absolute atomic E-state index is 0.131. The second kappa shape index (κ2) is 5.00. The second-order valence-electron chi connectivity index (χ2n) is 2.76. The predicted molar refractivity (Wildman–Crippen MR) is 59.5 cm³/mol. The fourth-order valence-electron chi connectivity index (χ4n) is 0.857. The summed E-state index contributed by atoms with van der Waals surface area (Å²) in [5.41, 5.74) is 2.81. The number of halogens is 2. The van der Waals surface area contributed by atoms with Crippen LogP contribution in [0.4, 0.5) is 0 Å². The summed E-state index contributed by atoms with van der Waals surface area (Å²) >= 11 is 11.4. The van der Waals surface area contributed by atoms with Gasteiger partial charge >= 0.3 is 0 Å². The first kappa shape index (κ1) is 11.8. The van der Waals surface area contributed by atoms with E-state index in [1.54, 1.807) is 0 Å². The molecule has 1 aromatic carbocycles. The monoisotopic (exact) mass is 246 g/mol. The summed E-state index contributed by atoms with van der Waals surface area (Å²) in [4.78, 5) is 10.5. The molecule has 0 aromatic heterocycles. The van der Waals surface area contributed by atoms with E-state index in [4.69, 9.17) is 23.2 Å². The van der Waals surface area contributed by atoms with Crippen LogP contribution in [0.2, 0.25) is 10.0 Å². The lowest BCUT2D eigenvalue weighted by Crippen LogP contribution is -2.12. The molecule has 0 fully saturated rings. The summed E-state index contributed by atoms with van der Waals surface area (Å²) in [6.07, 6.45) is 1.37. The van der Waals surface area contributed by atoms with Crippen molar-refractivity contribution in [1.82, 2.24) is 5.43 Å². The third-order valence-corrected chi connectivity index (χ3v) is 2.05. The summed E-state index contributed by atoms with van der Waals surface area (Å²) in [5, 5.41) is 13.2. The van der Waals surface area contributed by atoms with Crippen LogP contribution < -0.4 is 5.43 Å². The third kappa shape index (κ3) is 3.42. The molecule has 0 aliphatic carbocycles. The Balaban J connectivity index is 2.87. The number of amides is 1. The lowest BCUT2D eigenvalue weighted by atomic mass is 10.2. The molecule has 0 bridgehead atoms. The van der Waals surface area contributed by atoms with Gasteiger partial charge in [-0.05, 0) is 17.7 Å². The maximum atomic E-state index is 10.5. The molecule has 0 aliphatic rings. The largest absolute Gasteiger partial charge is 0.505 e. The van der Waals surface area contributed by atoms with Gasteiger partial charge in [-0.1, -0.05) is 23.2 Å². The molecule has 4 nitrogen and oxygen atoms in total. The SMILES string of the molecule is CC(=O)N/N=C/c1cc(Cl)c(O)c(Cl)c1. The van der Waals surface area contributed by atoms with Crippen LogP contribution in [0.3, 0.4) is 0 Å². The van der Waals surface area contributed by atoms with Gasteiger partial charge in [-0.3, -0.25) is 4.79 Å². The molecule has 0 heterocycles. The van der Waals surface area contributed by atoms with E-state index in [0.717, 1.165) is 0 Å². The Morgan fingerprint density at radius 3 is 2.47 bits per heavy atom. The topological polar surface area (TPSA) is 61.7 Å². The highest BCUT2D eigenvalue weighted by Gasteiger charge is 2.04. The lowest BCUT2D eigenvalue weighted by molar-refractivity contribution is -0.118. The molecular weight excluding hydrogens is 239 g/mol. The fraction of sp³-hybridized carbons (Fsp3) is 0.111. The van der Waals surface area contributed by atoms with Crippen molar-refractivity contribution < 1.29 is 9.90 Å². The number of phenolic OH excluding ortho intramolecular Hbond substituents is 1. The summed E-state index contributed by atoms with van der Waals surface area (Å²) in [6, 6.07) is 2.96. The molecule has 15 heavy (non-hydrogen) atoms. The second-order valence-corrected chi connectivity index (χ2v) is 3.57. The summed E-state index contributed by atoms with van der Waals surface area (Å²) in [7, 11) is 0. The number of carbonyl (C=O) groups is 1. The zero-order valence-corrected chi connectivity index (χ0v) is 9.30. The Labute approximate surface area is 96.5 Å². The highest BCUT2D eigenvalue weighted by molar-refractivity contribution is 6.37. The molecule has 1 rings (SSSR count). The minimum atomic E-state index is -0.276. The van der Waals surface area contributed by atoms with Gasteiger partial charge in [0.05, 0.1) is 16.3 Å². The molecule has 0 radical (unpaired) electrons. The molecule has 6 heteroatoms. The lowest BCUT2D eigenvalue weighted by Gasteiger charge is -2.01. The van der Waals surface area contributed by atoms with Gasteiger partial charge in [0, 0.05) is 6.92 Å². The van der Waals surface area contributed by atoms with Gasteiger partial charge in [0.2, 0.25) is 5.91 Å². The molecular formula is C9H8Cl2N2O2. The van der Waals surface area contributed by atoms with Crippen molar-refractivity contribution in [3.8, 4) is 5.75 Å². The normalized spacial score (nSPS) is 10.6. The Bertz CT molecular complexity index is 396. The van der Waals surface area contributed by atoms with E-state index in [2.05, 4.69) is 10.5 Å². The van der Waals surface area contributed by atoms with E-state index in [0.29, 0.717) is 5.56 Å². The average molecular weight is 247 g/mol. The molecule has 0 saturated carbocycles. The van der Waals surface area contributed by atoms with Gasteiger partial charge in [0.15, 0.2) is 5.75 Å². The molecule has 1 aromatic rings. The van der Waals surface area contributed by atoms with Gasteiger partial charge in [-0.2, -0.15) is 5.10 Å². The highest BCUT2D eigenvalue weighted by atomic mass is 35.5. The van der Waals surface area contributed by atoms with Crippen LogP contribution in [0.15, 0.2) is 17.2 Å². The minimum Gasteiger partial charge on any atom is -0.505 e. The van der Waals surface area contributed by atoms with Gasteiger partial charge in [0.1, 0.15) is 0 Å². The van der Waals surface area contributed by atoms with Crippen molar-refractivity contribution in [3.05, 3.63) is 27.7 Å². The number of hydrogen-bond acceptors (Lipinski definition) is 3. The van der Waals surface area contributed by atoms with Crippen molar-refractivity contribution in [1.29, 1.82) is 0 Å². The van der Waals surface area contributed by atoms with Gasteiger partial charge in [0.25, 0.3) is 0 Å². The zero-order valence-electron chi connectivity index (χ0n) is 7.79. The standard InChI is InChI=1S/C9H8Cl2N2O2/c1-5(14)13-12-4-6-2-7(10)9(15)8(11)3-6/h2-4,15H,1H3,(H,13,14)/b12-4+. The Morgan fingerprint density at radius 2 is 2.00 bits per heavy atom. The van der Waals surface area contributed by atoms with Crippen LogP contribution in [0.1, 0.15) is 12.5 Å². The van der Waals surface area contributed by atoms with E-state index < -0.39 is 0 Å². The van der Waals surface area contributed by atoms with Crippen molar-refractivity contribution in [2.24, 2.45) is 5.10 Å². The number of hydrogen-bond donors (Lipinski definition) is 2. The maximum Gasteiger partial charge on any atom is 0.236 e. The van der Waals surface area contributed by atoms with Crippen LogP contribution in [0.5, 0.6) is 5.75 Å². The van der Waals surface area contributed by atoms with E-state index in [1.165, 1.54) is 25.3 Å². The number of carbonyl (C=O) groups excluding carboxylic acids is 1. The van der Waals surface area contributed by atoms with E-state index in [-0.39, 0.29) is 21.7 Å². The number of rotatable bonds is 2. The first-order chi connectivity index (χ1) is 7.00. The first-order valence-electron chi connectivity index (χ1n) is 3.98. The first-order valence-corrected chi connectivity index (χ1v) is 4.74. The third-order valence-electron chi connectivity index (χ3n) is 1.47. The molecule has 0 saturated heterocycles. The number of aromatic hydroxyl groups is 1. The number of benzene rings is 1. The van der Waals surface area contributed by atoms with E-state index in [9.17, 15) is 9.90 Å².